The molecule has 0 fully saturated rings. The summed E-state index contributed by atoms with van der Waals surface area (Å²) in [6.07, 6.45) is 9.65. The Hall–Kier alpha value is -2.37. The number of aryl methyl sites for hydroxylation is 1. The van der Waals surface area contributed by atoms with Crippen molar-refractivity contribution in [3.8, 4) is 5.88 Å². The van der Waals surface area contributed by atoms with Crippen molar-refractivity contribution >= 4 is 11.6 Å². The Bertz CT molecular complexity index is 783. The normalized spacial score (nSPS) is 11.0. The number of nitrogens with one attached hydrogen (secondary N) is 1. The second-order valence-electron chi connectivity index (χ2n) is 6.43. The van der Waals surface area contributed by atoms with Gasteiger partial charge in [0.15, 0.2) is 5.56 Å². The highest BCUT2D eigenvalue weighted by Crippen LogP contribution is 2.12. The first-order chi connectivity index (χ1) is 12.0. The van der Waals surface area contributed by atoms with Crippen LogP contribution in [0.25, 0.3) is 5.65 Å². The fraction of sp³-hybridized carbons (Fsp3) is 0.526. The van der Waals surface area contributed by atoms with Gasteiger partial charge in [-0.1, -0.05) is 51.5 Å². The quantitative estimate of drug-likeness (QED) is 0.684. The fourth-order valence-electron chi connectivity index (χ4n) is 2.80. The molecule has 6 nitrogen and oxygen atoms in total. The van der Waals surface area contributed by atoms with Crippen LogP contribution in [0.5, 0.6) is 5.88 Å². The van der Waals surface area contributed by atoms with Gasteiger partial charge in [0, 0.05) is 12.7 Å². The number of hydrogen-bond acceptors (Lipinski definition) is 4. The fourth-order valence-corrected chi connectivity index (χ4v) is 2.80. The van der Waals surface area contributed by atoms with Gasteiger partial charge in [0.25, 0.3) is 11.5 Å². The number of pyridine rings is 1. The summed E-state index contributed by atoms with van der Waals surface area (Å²) in [5.41, 5.74) is 0.336. The van der Waals surface area contributed by atoms with Gasteiger partial charge in [0.2, 0.25) is 5.88 Å². The minimum atomic E-state index is -0.572. The highest BCUT2D eigenvalue weighted by atomic mass is 16.3. The van der Waals surface area contributed by atoms with Gasteiger partial charge in [-0.15, -0.1) is 0 Å². The van der Waals surface area contributed by atoms with Crippen LogP contribution >= 0.6 is 0 Å². The Morgan fingerprint density at radius 2 is 1.84 bits per heavy atom. The third-order valence-corrected chi connectivity index (χ3v) is 4.24. The van der Waals surface area contributed by atoms with E-state index in [-0.39, 0.29) is 5.56 Å². The molecule has 0 saturated carbocycles. The average molecular weight is 345 g/mol. The van der Waals surface area contributed by atoms with E-state index >= 15 is 0 Å². The van der Waals surface area contributed by atoms with Crippen LogP contribution in [0.1, 0.15) is 67.8 Å². The van der Waals surface area contributed by atoms with Crippen LogP contribution in [0.3, 0.4) is 0 Å². The number of amides is 1. The lowest BCUT2D eigenvalue weighted by Gasteiger charge is -2.08. The van der Waals surface area contributed by atoms with E-state index in [0.29, 0.717) is 12.2 Å². The maximum atomic E-state index is 12.5. The molecule has 0 unspecified atom stereocenters. The van der Waals surface area contributed by atoms with Gasteiger partial charge in [0.1, 0.15) is 5.65 Å². The van der Waals surface area contributed by atoms with Crippen molar-refractivity contribution in [1.29, 1.82) is 0 Å². The van der Waals surface area contributed by atoms with Gasteiger partial charge in [-0.3, -0.25) is 14.0 Å². The van der Waals surface area contributed by atoms with Crippen LogP contribution in [0.15, 0.2) is 23.1 Å². The van der Waals surface area contributed by atoms with Crippen LogP contribution in [-0.4, -0.2) is 26.9 Å². The topological polar surface area (TPSA) is 83.7 Å². The molecule has 0 aromatic carbocycles. The molecule has 0 atom stereocenters. The first-order valence-electron chi connectivity index (χ1n) is 9.04. The predicted octanol–water partition coefficient (Wildman–Crippen LogP) is 3.19. The lowest BCUT2D eigenvalue weighted by atomic mass is 10.1. The first kappa shape index (κ1) is 19.0. The molecule has 0 radical (unpaired) electrons. The largest absolute Gasteiger partial charge is 0.493 e. The van der Waals surface area contributed by atoms with E-state index in [4.69, 9.17) is 0 Å². The monoisotopic (exact) mass is 345 g/mol. The lowest BCUT2D eigenvalue weighted by molar-refractivity contribution is 0.0947. The highest BCUT2D eigenvalue weighted by Gasteiger charge is 2.19. The van der Waals surface area contributed by atoms with Crippen molar-refractivity contribution in [2.45, 2.75) is 58.8 Å². The Kier molecular flexibility index (Phi) is 6.98. The van der Waals surface area contributed by atoms with Crippen molar-refractivity contribution in [1.82, 2.24) is 14.7 Å². The van der Waals surface area contributed by atoms with Crippen LogP contribution in [0, 0.1) is 6.92 Å². The number of nitrogens with zero attached hydrogens (tertiary/aromatic N) is 2. The number of aromatic nitrogens is 2. The molecule has 2 N–H and O–H groups in total. The zero-order chi connectivity index (χ0) is 18.2. The molecule has 2 aromatic heterocycles. The van der Waals surface area contributed by atoms with Gasteiger partial charge >= 0.3 is 0 Å². The number of fused-ring (bicyclic) bond motifs is 1. The summed E-state index contributed by atoms with van der Waals surface area (Å²) in [6, 6.07) is 3.43. The maximum absolute atomic E-state index is 12.5. The van der Waals surface area contributed by atoms with Crippen molar-refractivity contribution in [2.24, 2.45) is 0 Å². The number of carbonyl (C=O) groups is 1. The van der Waals surface area contributed by atoms with Crippen molar-refractivity contribution in [3.63, 3.8) is 0 Å². The lowest BCUT2D eigenvalue weighted by Crippen LogP contribution is -2.32. The van der Waals surface area contributed by atoms with Crippen molar-refractivity contribution < 1.29 is 9.90 Å². The molecule has 0 aliphatic rings. The molecule has 6 heteroatoms. The second-order valence-corrected chi connectivity index (χ2v) is 6.43. The molecule has 136 valence electrons. The number of carbonyl (C=O) groups excluding carboxylic acids is 1. The zero-order valence-electron chi connectivity index (χ0n) is 15.0. The molecule has 0 aliphatic carbocycles. The molecule has 1 amide bonds. The van der Waals surface area contributed by atoms with Crippen LogP contribution in [-0.2, 0) is 0 Å². The Balaban J connectivity index is 1.94. The van der Waals surface area contributed by atoms with Gasteiger partial charge in [0.05, 0.1) is 0 Å². The Labute approximate surface area is 147 Å². The molecule has 0 aliphatic heterocycles. The second kappa shape index (κ2) is 9.20. The van der Waals surface area contributed by atoms with E-state index in [9.17, 15) is 14.7 Å². The van der Waals surface area contributed by atoms with E-state index < -0.39 is 17.3 Å². The van der Waals surface area contributed by atoms with Gasteiger partial charge < -0.3 is 10.4 Å². The molecule has 25 heavy (non-hydrogen) atoms. The van der Waals surface area contributed by atoms with Crippen LogP contribution in [0.4, 0.5) is 0 Å². The molecule has 0 bridgehead atoms. The summed E-state index contributed by atoms with van der Waals surface area (Å²) in [5, 5.41) is 12.7. The van der Waals surface area contributed by atoms with E-state index in [2.05, 4.69) is 17.2 Å². The summed E-state index contributed by atoms with van der Waals surface area (Å²) in [4.78, 5) is 28.7. The molecular weight excluding hydrogens is 318 g/mol. The third kappa shape index (κ3) is 5.05. The highest BCUT2D eigenvalue weighted by molar-refractivity contribution is 5.96. The maximum Gasteiger partial charge on any atom is 0.274 e. The Morgan fingerprint density at radius 3 is 2.56 bits per heavy atom. The van der Waals surface area contributed by atoms with E-state index in [1.54, 1.807) is 18.3 Å². The molecular formula is C19H27N3O3. The van der Waals surface area contributed by atoms with Crippen molar-refractivity contribution in [3.05, 3.63) is 39.8 Å². The third-order valence-electron chi connectivity index (χ3n) is 4.24. The Morgan fingerprint density at radius 1 is 1.16 bits per heavy atom. The standard InChI is InChI=1S/C19H27N3O3/c1-3-4-5-6-7-8-9-12-20-17(23)16-18(24)21-15-11-10-14(2)13-22(15)19(16)25/h10-11,13,24H,3-9,12H2,1-2H3,(H,20,23). The molecule has 2 aromatic rings. The minimum absolute atomic E-state index is 0.300. The summed E-state index contributed by atoms with van der Waals surface area (Å²) in [6.45, 7) is 4.53. The van der Waals surface area contributed by atoms with Gasteiger partial charge in [-0.25, -0.2) is 0 Å². The minimum Gasteiger partial charge on any atom is -0.493 e. The number of rotatable bonds is 9. The number of unbranched alkanes of at least 4 members (excludes halogenated alkanes) is 6. The summed E-state index contributed by atoms with van der Waals surface area (Å²) in [5.74, 6) is -1.09. The van der Waals surface area contributed by atoms with E-state index in [0.717, 1.165) is 24.8 Å². The molecule has 0 spiro atoms. The first-order valence-corrected chi connectivity index (χ1v) is 9.04. The van der Waals surface area contributed by atoms with Crippen molar-refractivity contribution in [2.75, 3.05) is 6.54 Å². The van der Waals surface area contributed by atoms with Crippen LogP contribution < -0.4 is 10.9 Å². The molecule has 0 saturated heterocycles. The average Bonchev–Trinajstić information content (AvgIpc) is 2.58. The predicted molar refractivity (Wildman–Crippen MR) is 98.2 cm³/mol. The SMILES string of the molecule is CCCCCCCCCNC(=O)c1c(O)nc2ccc(C)cn2c1=O. The molecule has 2 heterocycles. The van der Waals surface area contributed by atoms with Crippen LogP contribution in [0.2, 0.25) is 0 Å². The van der Waals surface area contributed by atoms with E-state index in [1.807, 2.05) is 6.92 Å². The van der Waals surface area contributed by atoms with Gasteiger partial charge in [-0.2, -0.15) is 4.98 Å². The summed E-state index contributed by atoms with van der Waals surface area (Å²) in [7, 11) is 0. The number of aromatic hydroxyl groups is 1. The number of hydrogen-bond donors (Lipinski definition) is 2. The summed E-state index contributed by atoms with van der Waals surface area (Å²) < 4.78 is 1.29. The summed E-state index contributed by atoms with van der Waals surface area (Å²) >= 11 is 0. The smallest absolute Gasteiger partial charge is 0.274 e. The van der Waals surface area contributed by atoms with Gasteiger partial charge in [-0.05, 0) is 25.0 Å². The molecule has 2 rings (SSSR count). The zero-order valence-corrected chi connectivity index (χ0v) is 15.0. The van der Waals surface area contributed by atoms with E-state index in [1.165, 1.54) is 30.1 Å².